The molecule has 1 aliphatic heterocycles. The van der Waals surface area contributed by atoms with Crippen LogP contribution in [0.4, 0.5) is 0 Å². The van der Waals surface area contributed by atoms with Crippen LogP contribution in [0.25, 0.3) is 5.65 Å². The van der Waals surface area contributed by atoms with Gasteiger partial charge in [-0.1, -0.05) is 24.8 Å². The molecule has 0 fully saturated rings. The van der Waals surface area contributed by atoms with Crippen LogP contribution in [0.5, 0.6) is 5.75 Å². The maximum absolute atomic E-state index is 13.4. The Labute approximate surface area is 188 Å². The van der Waals surface area contributed by atoms with Crippen molar-refractivity contribution in [2.24, 2.45) is 0 Å². The summed E-state index contributed by atoms with van der Waals surface area (Å²) in [5.41, 5.74) is 6.57. The third-order valence-corrected chi connectivity index (χ3v) is 5.99. The summed E-state index contributed by atoms with van der Waals surface area (Å²) in [5, 5.41) is 4.75. The number of rotatable bonds is 7. The molecule has 0 saturated heterocycles. The number of amides is 1. The number of carbonyl (C=O) groups excluding carboxylic acids is 1. The highest BCUT2D eigenvalue weighted by Gasteiger charge is 2.31. The Balaban J connectivity index is 1.50. The molecule has 4 rings (SSSR count). The molecule has 1 aliphatic rings. The van der Waals surface area contributed by atoms with Gasteiger partial charge in [0.15, 0.2) is 5.65 Å². The Morgan fingerprint density at radius 1 is 1.25 bits per heavy atom. The number of hydrogen-bond acceptors (Lipinski definition) is 5. The number of allylic oxidation sites excluding steroid dienone is 2. The molecular formula is C25H29N5O2. The number of carbonyl (C=O) groups is 1. The fraction of sp³-hybridized carbons (Fsp3) is 0.320. The second kappa shape index (κ2) is 8.86. The number of ether oxygens (including phenoxy) is 1. The van der Waals surface area contributed by atoms with E-state index in [0.717, 1.165) is 33.9 Å². The number of aryl methyl sites for hydroxylation is 2. The smallest absolute Gasteiger partial charge is 0.258 e. The Morgan fingerprint density at radius 3 is 2.81 bits per heavy atom. The lowest BCUT2D eigenvalue weighted by atomic mass is 10.1. The van der Waals surface area contributed by atoms with Gasteiger partial charge in [-0.2, -0.15) is 5.10 Å². The topological polar surface area (TPSA) is 63.0 Å². The molecule has 0 atom stereocenters. The van der Waals surface area contributed by atoms with Crippen molar-refractivity contribution in [1.82, 2.24) is 24.4 Å². The first kappa shape index (κ1) is 21.6. The molecule has 7 heteroatoms. The second-order valence-corrected chi connectivity index (χ2v) is 8.13. The maximum atomic E-state index is 13.4. The summed E-state index contributed by atoms with van der Waals surface area (Å²) in [6.07, 6.45) is 5.54. The number of likely N-dealkylation sites (N-methyl/N-ethyl adjacent to an activating group) is 1. The number of para-hydroxylation sites is 1. The molecule has 1 amide bonds. The van der Waals surface area contributed by atoms with Crippen LogP contribution in [0.15, 0.2) is 49.2 Å². The van der Waals surface area contributed by atoms with Gasteiger partial charge >= 0.3 is 0 Å². The van der Waals surface area contributed by atoms with Crippen LogP contribution < -0.4 is 4.74 Å². The lowest BCUT2D eigenvalue weighted by Crippen LogP contribution is -2.27. The minimum Gasteiger partial charge on any atom is -0.491 e. The Morgan fingerprint density at radius 2 is 2.03 bits per heavy atom. The molecule has 0 unspecified atom stereocenters. The summed E-state index contributed by atoms with van der Waals surface area (Å²) in [6, 6.07) is 7.41. The zero-order valence-corrected chi connectivity index (χ0v) is 19.1. The molecule has 3 heterocycles. The van der Waals surface area contributed by atoms with Crippen LogP contribution in [0.2, 0.25) is 0 Å². The first-order valence-electron chi connectivity index (χ1n) is 10.8. The molecule has 166 valence electrons. The van der Waals surface area contributed by atoms with Gasteiger partial charge in [0.2, 0.25) is 0 Å². The van der Waals surface area contributed by atoms with Crippen molar-refractivity contribution in [2.45, 2.75) is 33.9 Å². The van der Waals surface area contributed by atoms with Crippen molar-refractivity contribution in [1.29, 1.82) is 0 Å². The molecule has 0 saturated carbocycles. The number of fused-ring (bicyclic) bond motifs is 3. The van der Waals surface area contributed by atoms with E-state index in [-0.39, 0.29) is 5.91 Å². The van der Waals surface area contributed by atoms with Crippen molar-refractivity contribution < 1.29 is 9.53 Å². The zero-order chi connectivity index (χ0) is 22.8. The molecule has 0 aliphatic carbocycles. The molecule has 0 radical (unpaired) electrons. The monoisotopic (exact) mass is 431 g/mol. The van der Waals surface area contributed by atoms with Gasteiger partial charge in [-0.05, 0) is 50.7 Å². The third kappa shape index (κ3) is 3.98. The standard InChI is InChI=1S/C25H29N5O2/c1-6-7-12-28(5)13-14-32-23-11-9-8-10-20(23)25(31)29-15-21-22(16-29)27-30-19(4)17(2)18(3)26-24(21)30/h6-12H,1,13-16H2,2-5H3/b12-7-. The molecule has 32 heavy (non-hydrogen) atoms. The van der Waals surface area contributed by atoms with Crippen molar-refractivity contribution in [3.63, 3.8) is 0 Å². The van der Waals surface area contributed by atoms with Gasteiger partial charge in [-0.15, -0.1) is 0 Å². The lowest BCUT2D eigenvalue weighted by molar-refractivity contribution is 0.0745. The van der Waals surface area contributed by atoms with E-state index in [1.165, 1.54) is 0 Å². The van der Waals surface area contributed by atoms with Gasteiger partial charge in [0.1, 0.15) is 12.4 Å². The molecule has 2 aromatic heterocycles. The van der Waals surface area contributed by atoms with Gasteiger partial charge < -0.3 is 14.5 Å². The summed E-state index contributed by atoms with van der Waals surface area (Å²) in [7, 11) is 1.97. The highest BCUT2D eigenvalue weighted by Crippen LogP contribution is 2.30. The summed E-state index contributed by atoms with van der Waals surface area (Å²) in [6.45, 7) is 11.9. The normalized spacial score (nSPS) is 13.1. The fourth-order valence-electron chi connectivity index (χ4n) is 3.88. The van der Waals surface area contributed by atoms with Crippen molar-refractivity contribution in [3.05, 3.63) is 83.0 Å². The predicted molar refractivity (Wildman–Crippen MR) is 125 cm³/mol. The molecule has 1 aromatic carbocycles. The van der Waals surface area contributed by atoms with Gasteiger partial charge in [0.05, 0.1) is 30.9 Å². The lowest BCUT2D eigenvalue weighted by Gasteiger charge is -2.19. The maximum Gasteiger partial charge on any atom is 0.258 e. The molecule has 7 nitrogen and oxygen atoms in total. The van der Waals surface area contributed by atoms with Gasteiger partial charge in [-0.25, -0.2) is 9.50 Å². The van der Waals surface area contributed by atoms with Crippen LogP contribution in [-0.4, -0.2) is 50.5 Å². The van der Waals surface area contributed by atoms with Gasteiger partial charge in [-0.3, -0.25) is 4.79 Å². The van der Waals surface area contributed by atoms with Gasteiger partial charge in [0, 0.05) is 24.0 Å². The van der Waals surface area contributed by atoms with Crippen molar-refractivity contribution >= 4 is 11.6 Å². The summed E-state index contributed by atoms with van der Waals surface area (Å²) in [5.74, 6) is 0.537. The summed E-state index contributed by atoms with van der Waals surface area (Å²) >= 11 is 0. The predicted octanol–water partition coefficient (Wildman–Crippen LogP) is 3.82. The number of nitrogens with zero attached hydrogens (tertiary/aromatic N) is 5. The fourth-order valence-corrected chi connectivity index (χ4v) is 3.88. The molecule has 0 spiro atoms. The van der Waals surface area contributed by atoms with Crippen LogP contribution in [0, 0.1) is 20.8 Å². The minimum absolute atomic E-state index is 0.0581. The van der Waals surface area contributed by atoms with E-state index in [1.54, 1.807) is 6.08 Å². The molecule has 3 aromatic rings. The zero-order valence-electron chi connectivity index (χ0n) is 19.1. The van der Waals surface area contributed by atoms with E-state index in [9.17, 15) is 4.79 Å². The van der Waals surface area contributed by atoms with E-state index < -0.39 is 0 Å². The van der Waals surface area contributed by atoms with Gasteiger partial charge in [0.25, 0.3) is 5.91 Å². The van der Waals surface area contributed by atoms with Crippen molar-refractivity contribution in [3.8, 4) is 5.75 Å². The van der Waals surface area contributed by atoms with Crippen LogP contribution in [0.3, 0.4) is 0 Å². The van der Waals surface area contributed by atoms with E-state index in [4.69, 9.17) is 14.8 Å². The average molecular weight is 432 g/mol. The third-order valence-electron chi connectivity index (χ3n) is 5.99. The van der Waals surface area contributed by atoms with Crippen molar-refractivity contribution in [2.75, 3.05) is 20.2 Å². The number of benzene rings is 1. The first-order chi connectivity index (χ1) is 15.4. The van der Waals surface area contributed by atoms with Crippen LogP contribution >= 0.6 is 0 Å². The molecule has 0 bridgehead atoms. The Hall–Kier alpha value is -3.61. The average Bonchev–Trinajstić information content (AvgIpc) is 3.35. The van der Waals surface area contributed by atoms with E-state index in [0.29, 0.717) is 37.6 Å². The van der Waals surface area contributed by atoms with Crippen LogP contribution in [0.1, 0.15) is 38.6 Å². The summed E-state index contributed by atoms with van der Waals surface area (Å²) in [4.78, 5) is 21.9. The highest BCUT2D eigenvalue weighted by atomic mass is 16.5. The number of hydrogen-bond donors (Lipinski definition) is 0. The van der Waals surface area contributed by atoms with E-state index in [1.807, 2.05) is 64.8 Å². The van der Waals surface area contributed by atoms with Crippen LogP contribution in [-0.2, 0) is 13.1 Å². The SMILES string of the molecule is C=C/C=C\N(C)CCOc1ccccc1C(=O)N1Cc2nn3c(C)c(C)c(C)nc3c2C1. The number of aromatic nitrogens is 3. The largest absolute Gasteiger partial charge is 0.491 e. The second-order valence-electron chi connectivity index (χ2n) is 8.13. The molecule has 0 N–H and O–H groups in total. The quantitative estimate of drug-likeness (QED) is 0.532. The molecular weight excluding hydrogens is 402 g/mol. The first-order valence-corrected chi connectivity index (χ1v) is 10.8. The highest BCUT2D eigenvalue weighted by molar-refractivity contribution is 5.97. The van der Waals surface area contributed by atoms with E-state index in [2.05, 4.69) is 20.4 Å². The summed E-state index contributed by atoms with van der Waals surface area (Å²) < 4.78 is 7.87. The Kier molecular flexibility index (Phi) is 5.99. The minimum atomic E-state index is -0.0581. The Bertz CT molecular complexity index is 1210. The van der Waals surface area contributed by atoms with E-state index >= 15 is 0 Å².